The van der Waals surface area contributed by atoms with Gasteiger partial charge in [-0.05, 0) is 35.1 Å². The molecule has 0 fully saturated rings. The van der Waals surface area contributed by atoms with Gasteiger partial charge in [0.1, 0.15) is 0 Å². The third-order valence-electron chi connectivity index (χ3n) is 3.16. The van der Waals surface area contributed by atoms with E-state index in [0.29, 0.717) is 22.4 Å². The van der Waals surface area contributed by atoms with Crippen molar-refractivity contribution in [2.24, 2.45) is 0 Å². The van der Waals surface area contributed by atoms with Gasteiger partial charge in [0.25, 0.3) is 5.91 Å². The van der Waals surface area contributed by atoms with Crippen LogP contribution in [0.25, 0.3) is 5.65 Å². The number of amides is 1. The zero-order valence-electron chi connectivity index (χ0n) is 11.6. The standard InChI is InChI=1S/C13H18BrN5O/c1-3-18(4-2)9-7-16-13(20)11-10(14)12-15-6-5-8-19(12)17-11/h5-6,8H,3-4,7,9H2,1-2H3,(H,16,20). The van der Waals surface area contributed by atoms with Crippen LogP contribution in [0.15, 0.2) is 22.9 Å². The molecule has 7 heteroatoms. The topological polar surface area (TPSA) is 62.5 Å². The van der Waals surface area contributed by atoms with Gasteiger partial charge in [-0.15, -0.1) is 0 Å². The monoisotopic (exact) mass is 339 g/mol. The molecular formula is C13H18BrN5O. The lowest BCUT2D eigenvalue weighted by Gasteiger charge is -2.17. The van der Waals surface area contributed by atoms with Gasteiger partial charge < -0.3 is 10.2 Å². The predicted molar refractivity (Wildman–Crippen MR) is 80.8 cm³/mol. The van der Waals surface area contributed by atoms with Crippen molar-refractivity contribution in [2.45, 2.75) is 13.8 Å². The third kappa shape index (κ3) is 3.16. The van der Waals surface area contributed by atoms with Gasteiger partial charge in [-0.25, -0.2) is 9.50 Å². The summed E-state index contributed by atoms with van der Waals surface area (Å²) in [6.45, 7) is 7.62. The highest BCUT2D eigenvalue weighted by molar-refractivity contribution is 9.10. The van der Waals surface area contributed by atoms with E-state index >= 15 is 0 Å². The first-order chi connectivity index (χ1) is 9.67. The van der Waals surface area contributed by atoms with Crippen molar-refractivity contribution in [1.29, 1.82) is 0 Å². The first-order valence-corrected chi connectivity index (χ1v) is 7.46. The van der Waals surface area contributed by atoms with Crippen LogP contribution in [0.2, 0.25) is 0 Å². The first kappa shape index (κ1) is 14.9. The number of likely N-dealkylation sites (N-methyl/N-ethyl adjacent to an activating group) is 1. The Labute approximate surface area is 126 Å². The smallest absolute Gasteiger partial charge is 0.273 e. The lowest BCUT2D eigenvalue weighted by molar-refractivity contribution is 0.0943. The summed E-state index contributed by atoms with van der Waals surface area (Å²) < 4.78 is 2.21. The van der Waals surface area contributed by atoms with Crippen LogP contribution in [0.1, 0.15) is 24.3 Å². The molecule has 2 aromatic rings. The van der Waals surface area contributed by atoms with Crippen LogP contribution in [0, 0.1) is 0 Å². The minimum Gasteiger partial charge on any atom is -0.349 e. The molecule has 2 heterocycles. The average molecular weight is 340 g/mol. The zero-order chi connectivity index (χ0) is 14.5. The number of nitrogens with zero attached hydrogens (tertiary/aromatic N) is 4. The summed E-state index contributed by atoms with van der Waals surface area (Å²) in [5.41, 5.74) is 1.00. The van der Waals surface area contributed by atoms with Gasteiger partial charge in [0.2, 0.25) is 0 Å². The molecule has 0 aliphatic rings. The van der Waals surface area contributed by atoms with Crippen molar-refractivity contribution < 1.29 is 4.79 Å². The number of hydrogen-bond donors (Lipinski definition) is 1. The van der Waals surface area contributed by atoms with Crippen LogP contribution in [-0.4, -0.2) is 51.6 Å². The second kappa shape index (κ2) is 6.81. The van der Waals surface area contributed by atoms with Gasteiger partial charge in [0, 0.05) is 25.5 Å². The number of carbonyl (C=O) groups is 1. The number of fused-ring (bicyclic) bond motifs is 1. The molecule has 2 aromatic heterocycles. The normalized spacial score (nSPS) is 11.2. The summed E-state index contributed by atoms with van der Waals surface area (Å²) in [5, 5.41) is 7.12. The summed E-state index contributed by atoms with van der Waals surface area (Å²) in [4.78, 5) is 18.6. The van der Waals surface area contributed by atoms with E-state index in [4.69, 9.17) is 0 Å². The van der Waals surface area contributed by atoms with Crippen LogP contribution < -0.4 is 5.32 Å². The van der Waals surface area contributed by atoms with E-state index in [0.717, 1.165) is 19.6 Å². The molecule has 6 nitrogen and oxygen atoms in total. The molecule has 1 N–H and O–H groups in total. The Morgan fingerprint density at radius 3 is 2.85 bits per heavy atom. The molecule has 108 valence electrons. The number of hydrogen-bond acceptors (Lipinski definition) is 4. The van der Waals surface area contributed by atoms with Crippen molar-refractivity contribution in [3.8, 4) is 0 Å². The lowest BCUT2D eigenvalue weighted by atomic mass is 10.4. The van der Waals surface area contributed by atoms with E-state index in [1.54, 1.807) is 23.0 Å². The Hall–Kier alpha value is -1.47. The van der Waals surface area contributed by atoms with Gasteiger partial charge in [0.15, 0.2) is 11.3 Å². The van der Waals surface area contributed by atoms with Gasteiger partial charge in [-0.3, -0.25) is 4.79 Å². The van der Waals surface area contributed by atoms with E-state index in [2.05, 4.69) is 50.1 Å². The van der Waals surface area contributed by atoms with Crippen LogP contribution in [-0.2, 0) is 0 Å². The molecule has 0 aliphatic heterocycles. The fourth-order valence-electron chi connectivity index (χ4n) is 1.96. The minimum atomic E-state index is -0.186. The Bertz CT molecular complexity index is 593. The molecule has 0 radical (unpaired) electrons. The first-order valence-electron chi connectivity index (χ1n) is 6.66. The van der Waals surface area contributed by atoms with Crippen molar-refractivity contribution in [1.82, 2.24) is 24.8 Å². The Balaban J connectivity index is 2.03. The SMILES string of the molecule is CCN(CC)CCNC(=O)c1nn2cccnc2c1Br. The summed E-state index contributed by atoms with van der Waals surface area (Å²) in [5.74, 6) is -0.186. The molecule has 20 heavy (non-hydrogen) atoms. The number of rotatable bonds is 6. The third-order valence-corrected chi connectivity index (χ3v) is 3.89. The van der Waals surface area contributed by atoms with Gasteiger partial charge in [-0.1, -0.05) is 13.8 Å². The minimum absolute atomic E-state index is 0.186. The quantitative estimate of drug-likeness (QED) is 0.867. The van der Waals surface area contributed by atoms with Crippen LogP contribution >= 0.6 is 15.9 Å². The Morgan fingerprint density at radius 1 is 1.45 bits per heavy atom. The maximum atomic E-state index is 12.1. The van der Waals surface area contributed by atoms with E-state index in [1.165, 1.54) is 0 Å². The molecule has 0 aromatic carbocycles. The summed E-state index contributed by atoms with van der Waals surface area (Å²) in [6.07, 6.45) is 3.43. The number of nitrogens with one attached hydrogen (secondary N) is 1. The van der Waals surface area contributed by atoms with E-state index < -0.39 is 0 Å². The molecular weight excluding hydrogens is 322 g/mol. The molecule has 0 atom stereocenters. The second-order valence-corrected chi connectivity index (χ2v) is 5.13. The molecule has 0 aliphatic carbocycles. The number of halogens is 1. The Kier molecular flexibility index (Phi) is 5.08. The van der Waals surface area contributed by atoms with Crippen LogP contribution in [0.5, 0.6) is 0 Å². The maximum absolute atomic E-state index is 12.1. The largest absolute Gasteiger partial charge is 0.349 e. The molecule has 2 rings (SSSR count). The van der Waals surface area contributed by atoms with Crippen LogP contribution in [0.3, 0.4) is 0 Å². The van der Waals surface area contributed by atoms with E-state index in [9.17, 15) is 4.79 Å². The molecule has 0 unspecified atom stereocenters. The maximum Gasteiger partial charge on any atom is 0.273 e. The molecule has 1 amide bonds. The zero-order valence-corrected chi connectivity index (χ0v) is 13.2. The highest BCUT2D eigenvalue weighted by atomic mass is 79.9. The predicted octanol–water partition coefficient (Wildman–Crippen LogP) is 1.56. The summed E-state index contributed by atoms with van der Waals surface area (Å²) in [6, 6.07) is 1.77. The van der Waals surface area contributed by atoms with Crippen LogP contribution in [0.4, 0.5) is 0 Å². The summed E-state index contributed by atoms with van der Waals surface area (Å²) in [7, 11) is 0. The van der Waals surface area contributed by atoms with Crippen molar-refractivity contribution in [3.05, 3.63) is 28.6 Å². The van der Waals surface area contributed by atoms with Crippen molar-refractivity contribution in [3.63, 3.8) is 0 Å². The molecule has 0 spiro atoms. The van der Waals surface area contributed by atoms with Crippen molar-refractivity contribution >= 4 is 27.5 Å². The van der Waals surface area contributed by atoms with Gasteiger partial charge >= 0.3 is 0 Å². The number of aromatic nitrogens is 3. The second-order valence-electron chi connectivity index (χ2n) is 4.33. The molecule has 0 saturated heterocycles. The number of carbonyl (C=O) groups excluding carboxylic acids is 1. The highest BCUT2D eigenvalue weighted by Crippen LogP contribution is 2.20. The van der Waals surface area contributed by atoms with Gasteiger partial charge in [-0.2, -0.15) is 5.10 Å². The highest BCUT2D eigenvalue weighted by Gasteiger charge is 2.17. The summed E-state index contributed by atoms with van der Waals surface area (Å²) >= 11 is 3.38. The average Bonchev–Trinajstić information content (AvgIpc) is 2.81. The van der Waals surface area contributed by atoms with E-state index in [-0.39, 0.29) is 5.91 Å². The fraction of sp³-hybridized carbons (Fsp3) is 0.462. The van der Waals surface area contributed by atoms with E-state index in [1.807, 2.05) is 0 Å². The Morgan fingerprint density at radius 2 is 2.20 bits per heavy atom. The molecule has 0 bridgehead atoms. The molecule has 0 saturated carbocycles. The lowest BCUT2D eigenvalue weighted by Crippen LogP contribution is -2.35. The fourth-order valence-corrected chi connectivity index (χ4v) is 2.50. The van der Waals surface area contributed by atoms with Gasteiger partial charge in [0.05, 0.1) is 4.47 Å². The van der Waals surface area contributed by atoms with Crippen molar-refractivity contribution in [2.75, 3.05) is 26.2 Å².